The highest BCUT2D eigenvalue weighted by molar-refractivity contribution is 5.26. The van der Waals surface area contributed by atoms with Crippen molar-refractivity contribution in [2.24, 2.45) is 7.05 Å². The Morgan fingerprint density at radius 3 is 2.75 bits per heavy atom. The second-order valence-electron chi connectivity index (χ2n) is 2.40. The Morgan fingerprint density at radius 2 is 2.25 bits per heavy atom. The van der Waals surface area contributed by atoms with E-state index in [2.05, 4.69) is 15.2 Å². The van der Waals surface area contributed by atoms with Gasteiger partial charge in [0.15, 0.2) is 0 Å². The van der Waals surface area contributed by atoms with E-state index in [9.17, 15) is 0 Å². The van der Waals surface area contributed by atoms with E-state index < -0.39 is 0 Å². The first-order valence-electron chi connectivity index (χ1n) is 3.43. The molecule has 0 aliphatic heterocycles. The van der Waals surface area contributed by atoms with Gasteiger partial charge in [0.2, 0.25) is 0 Å². The first-order valence-corrected chi connectivity index (χ1v) is 3.43. The van der Waals surface area contributed by atoms with Gasteiger partial charge in [-0.05, 0) is 0 Å². The van der Waals surface area contributed by atoms with Gasteiger partial charge < -0.3 is 5.73 Å². The van der Waals surface area contributed by atoms with Crippen molar-refractivity contribution < 1.29 is 0 Å². The third-order valence-electron chi connectivity index (χ3n) is 1.40. The lowest BCUT2D eigenvalue weighted by Gasteiger charge is -1.90. The fraction of sp³-hybridized carbons (Fsp3) is 0.167. The largest absolute Gasteiger partial charge is 0.382 e. The van der Waals surface area contributed by atoms with E-state index in [1.54, 1.807) is 30.3 Å². The van der Waals surface area contributed by atoms with Crippen molar-refractivity contribution in [3.63, 3.8) is 0 Å². The standard InChI is InChI=1S/C6H8N6/c1-11-4-8-6(10-11)12-3-2-5(7)9-12/h2-4H,1H3,(H2,7,9). The highest BCUT2D eigenvalue weighted by Crippen LogP contribution is 2.00. The van der Waals surface area contributed by atoms with Crippen LogP contribution in [0.4, 0.5) is 5.82 Å². The zero-order valence-electron chi connectivity index (χ0n) is 6.55. The average Bonchev–Trinajstić information content (AvgIpc) is 2.58. The van der Waals surface area contributed by atoms with Crippen LogP contribution in [0.5, 0.6) is 0 Å². The van der Waals surface area contributed by atoms with Gasteiger partial charge in [0.1, 0.15) is 12.1 Å². The van der Waals surface area contributed by atoms with Crippen LogP contribution in [0.3, 0.4) is 0 Å². The van der Waals surface area contributed by atoms with E-state index in [0.717, 1.165) is 0 Å². The van der Waals surface area contributed by atoms with Crippen molar-refractivity contribution in [1.29, 1.82) is 0 Å². The topological polar surface area (TPSA) is 74.5 Å². The second-order valence-corrected chi connectivity index (χ2v) is 2.40. The molecule has 0 fully saturated rings. The summed E-state index contributed by atoms with van der Waals surface area (Å²) >= 11 is 0. The molecule has 0 aliphatic carbocycles. The summed E-state index contributed by atoms with van der Waals surface area (Å²) in [7, 11) is 1.79. The van der Waals surface area contributed by atoms with Gasteiger partial charge in [-0.3, -0.25) is 4.68 Å². The number of nitrogens with zero attached hydrogens (tertiary/aromatic N) is 5. The van der Waals surface area contributed by atoms with Crippen LogP contribution in [-0.4, -0.2) is 24.5 Å². The predicted octanol–water partition coefficient (Wildman–Crippen LogP) is -0.417. The van der Waals surface area contributed by atoms with Crippen LogP contribution in [0.15, 0.2) is 18.6 Å². The number of aromatic nitrogens is 5. The Labute approximate surface area is 68.6 Å². The average molecular weight is 164 g/mol. The van der Waals surface area contributed by atoms with Gasteiger partial charge >= 0.3 is 0 Å². The summed E-state index contributed by atoms with van der Waals surface area (Å²) < 4.78 is 3.13. The molecule has 2 aromatic rings. The number of rotatable bonds is 1. The Morgan fingerprint density at radius 1 is 1.42 bits per heavy atom. The third-order valence-corrected chi connectivity index (χ3v) is 1.40. The molecule has 0 aliphatic rings. The van der Waals surface area contributed by atoms with Crippen LogP contribution < -0.4 is 5.73 Å². The zero-order valence-corrected chi connectivity index (χ0v) is 6.55. The summed E-state index contributed by atoms with van der Waals surface area (Å²) in [6.07, 6.45) is 3.32. The maximum Gasteiger partial charge on any atom is 0.269 e. The lowest BCUT2D eigenvalue weighted by atomic mass is 10.7. The van der Waals surface area contributed by atoms with Crippen LogP contribution in [-0.2, 0) is 7.05 Å². The zero-order chi connectivity index (χ0) is 8.55. The molecule has 6 heteroatoms. The molecular formula is C6H8N6. The van der Waals surface area contributed by atoms with E-state index in [4.69, 9.17) is 5.73 Å². The number of nitrogen functional groups attached to an aromatic ring is 1. The third kappa shape index (κ3) is 1.03. The lowest BCUT2D eigenvalue weighted by molar-refractivity contribution is 0.732. The van der Waals surface area contributed by atoms with Gasteiger partial charge in [-0.15, -0.1) is 10.2 Å². The molecule has 12 heavy (non-hydrogen) atoms. The molecule has 0 saturated carbocycles. The van der Waals surface area contributed by atoms with Gasteiger partial charge in [0, 0.05) is 19.3 Å². The van der Waals surface area contributed by atoms with Crippen LogP contribution in [0.1, 0.15) is 0 Å². The van der Waals surface area contributed by atoms with Gasteiger partial charge in [-0.1, -0.05) is 0 Å². The van der Waals surface area contributed by atoms with Crippen LogP contribution in [0.25, 0.3) is 5.95 Å². The van der Waals surface area contributed by atoms with Crippen LogP contribution in [0.2, 0.25) is 0 Å². The van der Waals surface area contributed by atoms with Gasteiger partial charge in [-0.25, -0.2) is 4.68 Å². The molecule has 0 saturated heterocycles. The minimum atomic E-state index is 0.461. The highest BCUT2D eigenvalue weighted by atomic mass is 15.4. The van der Waals surface area contributed by atoms with Gasteiger partial charge in [-0.2, -0.15) is 4.98 Å². The minimum Gasteiger partial charge on any atom is -0.382 e. The normalized spacial score (nSPS) is 10.4. The van der Waals surface area contributed by atoms with Crippen molar-refractivity contribution in [3.05, 3.63) is 18.6 Å². The molecule has 0 unspecified atom stereocenters. The number of nitrogens with two attached hydrogens (primary N) is 1. The molecule has 0 aromatic carbocycles. The summed E-state index contributed by atoms with van der Waals surface area (Å²) in [4.78, 5) is 4.00. The van der Waals surface area contributed by atoms with E-state index in [-0.39, 0.29) is 0 Å². The molecule has 2 aromatic heterocycles. The van der Waals surface area contributed by atoms with Crippen molar-refractivity contribution in [3.8, 4) is 5.95 Å². The Balaban J connectivity index is 2.43. The van der Waals surface area contributed by atoms with E-state index in [1.807, 2.05) is 0 Å². The SMILES string of the molecule is Cn1cnc(-n2ccc(N)n2)n1. The number of hydrogen-bond acceptors (Lipinski definition) is 4. The summed E-state index contributed by atoms with van der Waals surface area (Å²) in [6.45, 7) is 0. The molecule has 62 valence electrons. The Kier molecular flexibility index (Phi) is 1.33. The molecule has 2 N–H and O–H groups in total. The lowest BCUT2D eigenvalue weighted by Crippen LogP contribution is -1.99. The second kappa shape index (κ2) is 2.33. The fourth-order valence-electron chi connectivity index (χ4n) is 0.882. The first-order chi connectivity index (χ1) is 5.75. The van der Waals surface area contributed by atoms with Crippen LogP contribution >= 0.6 is 0 Å². The molecule has 0 spiro atoms. The van der Waals surface area contributed by atoms with Crippen molar-refractivity contribution >= 4 is 5.82 Å². The molecule has 2 heterocycles. The first kappa shape index (κ1) is 6.84. The van der Waals surface area contributed by atoms with Crippen LogP contribution in [0, 0.1) is 0 Å². The minimum absolute atomic E-state index is 0.461. The van der Waals surface area contributed by atoms with E-state index in [0.29, 0.717) is 11.8 Å². The summed E-state index contributed by atoms with van der Waals surface area (Å²) in [5.74, 6) is 0.983. The molecule has 0 radical (unpaired) electrons. The fourth-order valence-corrected chi connectivity index (χ4v) is 0.882. The molecule has 0 bridgehead atoms. The monoisotopic (exact) mass is 164 g/mol. The van der Waals surface area contributed by atoms with Crippen molar-refractivity contribution in [2.45, 2.75) is 0 Å². The highest BCUT2D eigenvalue weighted by Gasteiger charge is 2.01. The van der Waals surface area contributed by atoms with E-state index in [1.165, 1.54) is 4.68 Å². The quantitative estimate of drug-likeness (QED) is 0.621. The summed E-state index contributed by atoms with van der Waals surface area (Å²) in [6, 6.07) is 1.69. The summed E-state index contributed by atoms with van der Waals surface area (Å²) in [5, 5.41) is 8.00. The molecular weight excluding hydrogens is 156 g/mol. The van der Waals surface area contributed by atoms with Crippen molar-refractivity contribution in [1.82, 2.24) is 24.5 Å². The maximum absolute atomic E-state index is 5.43. The molecule has 2 rings (SSSR count). The summed E-state index contributed by atoms with van der Waals surface area (Å²) in [5.41, 5.74) is 5.43. The number of aryl methyl sites for hydroxylation is 1. The molecule has 0 amide bonds. The smallest absolute Gasteiger partial charge is 0.269 e. The predicted molar refractivity (Wildman–Crippen MR) is 42.5 cm³/mol. The van der Waals surface area contributed by atoms with E-state index >= 15 is 0 Å². The Hall–Kier alpha value is -1.85. The van der Waals surface area contributed by atoms with Gasteiger partial charge in [0.25, 0.3) is 5.95 Å². The van der Waals surface area contributed by atoms with Gasteiger partial charge in [0.05, 0.1) is 0 Å². The number of anilines is 1. The molecule has 6 nitrogen and oxygen atoms in total. The number of hydrogen-bond donors (Lipinski definition) is 1. The Bertz CT molecular complexity index is 348. The molecule has 0 atom stereocenters. The van der Waals surface area contributed by atoms with Crippen molar-refractivity contribution in [2.75, 3.05) is 5.73 Å². The maximum atomic E-state index is 5.43.